The van der Waals surface area contributed by atoms with Gasteiger partial charge in [0.25, 0.3) is 0 Å². The van der Waals surface area contributed by atoms with Gasteiger partial charge < -0.3 is 25.6 Å². The van der Waals surface area contributed by atoms with Gasteiger partial charge in [-0.25, -0.2) is 4.79 Å². The summed E-state index contributed by atoms with van der Waals surface area (Å²) in [6.07, 6.45) is 45.1. The number of aliphatic hydroxyl groups excluding tert-OH is 1. The number of rotatable bonds is 41. The number of allylic oxidation sites excluding steroid dienone is 3. The van der Waals surface area contributed by atoms with Crippen molar-refractivity contribution in [1.82, 2.24) is 10.6 Å². The maximum absolute atomic E-state index is 12.7. The Bertz CT molecular complexity index is 983. The van der Waals surface area contributed by atoms with Gasteiger partial charge in [0, 0.05) is 12.8 Å². The molecular weight excluding hydrogens is 693 g/mol. The molecule has 55 heavy (non-hydrogen) atoms. The van der Waals surface area contributed by atoms with Gasteiger partial charge in [-0.15, -0.1) is 0 Å². The standard InChI is InChI=1S/C46H84N2O7/c1-3-5-7-9-11-13-14-15-16-17-18-19-20-21-22-24-26-28-34-38-45(52)55-41(35-31-27-25-23-12-10-8-6-4-2)36-32-29-30-33-37-43(50)47-39-44(51)48-42(40-49)46(53)54/h15-16,31,35,41-42,49H,3-14,17-30,32-34,36-40H2,1-2H3,(H,47,50)(H,48,51)(H,53,54)/b16-15-,35-31-. The molecular formula is C46H84N2O7. The van der Waals surface area contributed by atoms with Crippen LogP contribution in [0.2, 0.25) is 0 Å². The molecule has 0 aliphatic rings. The van der Waals surface area contributed by atoms with Crippen molar-refractivity contribution in [2.75, 3.05) is 13.2 Å². The highest BCUT2D eigenvalue weighted by Gasteiger charge is 2.18. The molecule has 2 amide bonds. The van der Waals surface area contributed by atoms with Gasteiger partial charge in [0.05, 0.1) is 13.2 Å². The van der Waals surface area contributed by atoms with E-state index in [0.29, 0.717) is 12.8 Å². The van der Waals surface area contributed by atoms with Crippen LogP contribution in [0.4, 0.5) is 0 Å². The van der Waals surface area contributed by atoms with E-state index in [1.165, 1.54) is 135 Å². The number of unbranched alkanes of at least 4 members (excludes halogenated alkanes) is 25. The molecule has 0 fully saturated rings. The van der Waals surface area contributed by atoms with Crippen molar-refractivity contribution in [2.45, 2.75) is 231 Å². The lowest BCUT2D eigenvalue weighted by Crippen LogP contribution is -2.47. The second-order valence-electron chi connectivity index (χ2n) is 15.5. The number of aliphatic hydroxyl groups is 1. The van der Waals surface area contributed by atoms with Gasteiger partial charge in [0.2, 0.25) is 11.8 Å². The first-order valence-corrected chi connectivity index (χ1v) is 22.7. The predicted octanol–water partition coefficient (Wildman–Crippen LogP) is 11.2. The van der Waals surface area contributed by atoms with Crippen LogP contribution in [-0.4, -0.2) is 59.3 Å². The van der Waals surface area contributed by atoms with Crippen molar-refractivity contribution >= 4 is 23.8 Å². The van der Waals surface area contributed by atoms with Crippen LogP contribution >= 0.6 is 0 Å². The fourth-order valence-electron chi connectivity index (χ4n) is 6.62. The van der Waals surface area contributed by atoms with Crippen LogP contribution < -0.4 is 10.6 Å². The average molecular weight is 777 g/mol. The quantitative estimate of drug-likeness (QED) is 0.0275. The van der Waals surface area contributed by atoms with Gasteiger partial charge in [-0.2, -0.15) is 0 Å². The highest BCUT2D eigenvalue weighted by atomic mass is 16.5. The predicted molar refractivity (Wildman–Crippen MR) is 227 cm³/mol. The minimum Gasteiger partial charge on any atom is -0.480 e. The van der Waals surface area contributed by atoms with E-state index in [1.54, 1.807) is 0 Å². The monoisotopic (exact) mass is 777 g/mol. The summed E-state index contributed by atoms with van der Waals surface area (Å²) in [5, 5.41) is 22.6. The lowest BCUT2D eigenvalue weighted by Gasteiger charge is -2.15. The van der Waals surface area contributed by atoms with Crippen molar-refractivity contribution in [2.24, 2.45) is 0 Å². The largest absolute Gasteiger partial charge is 0.480 e. The fraction of sp³-hybridized carbons (Fsp3) is 0.826. The molecule has 2 atom stereocenters. The van der Waals surface area contributed by atoms with E-state index in [0.717, 1.165) is 51.4 Å². The van der Waals surface area contributed by atoms with E-state index in [2.05, 4.69) is 48.8 Å². The van der Waals surface area contributed by atoms with Gasteiger partial charge in [-0.3, -0.25) is 14.4 Å². The van der Waals surface area contributed by atoms with Crippen LogP contribution in [0.25, 0.3) is 0 Å². The van der Waals surface area contributed by atoms with Crippen molar-refractivity contribution in [3.63, 3.8) is 0 Å². The number of carboxylic acids is 1. The zero-order valence-corrected chi connectivity index (χ0v) is 35.4. The highest BCUT2D eigenvalue weighted by Crippen LogP contribution is 2.16. The van der Waals surface area contributed by atoms with Gasteiger partial charge in [-0.1, -0.05) is 160 Å². The fourth-order valence-corrected chi connectivity index (χ4v) is 6.62. The Balaban J connectivity index is 4.22. The van der Waals surface area contributed by atoms with Crippen LogP contribution in [0, 0.1) is 0 Å². The van der Waals surface area contributed by atoms with Crippen LogP contribution in [0.15, 0.2) is 24.3 Å². The number of hydrogen-bond acceptors (Lipinski definition) is 6. The van der Waals surface area contributed by atoms with Crippen molar-refractivity contribution in [3.8, 4) is 0 Å². The third kappa shape index (κ3) is 38.0. The molecule has 0 saturated heterocycles. The minimum absolute atomic E-state index is 0.110. The summed E-state index contributed by atoms with van der Waals surface area (Å²) in [7, 11) is 0. The van der Waals surface area contributed by atoms with Gasteiger partial charge in [0.1, 0.15) is 12.1 Å². The topological polar surface area (TPSA) is 142 Å². The summed E-state index contributed by atoms with van der Waals surface area (Å²) in [5.74, 6) is -2.39. The molecule has 0 aromatic carbocycles. The average Bonchev–Trinajstić information content (AvgIpc) is 3.17. The maximum Gasteiger partial charge on any atom is 0.328 e. The van der Waals surface area contributed by atoms with E-state index in [9.17, 15) is 19.2 Å². The lowest BCUT2D eigenvalue weighted by atomic mass is 10.0. The second kappa shape index (κ2) is 41.0. The van der Waals surface area contributed by atoms with E-state index in [1.807, 2.05) is 0 Å². The maximum atomic E-state index is 12.7. The number of ether oxygens (including phenoxy) is 1. The number of amides is 2. The molecule has 2 unspecified atom stereocenters. The summed E-state index contributed by atoms with van der Waals surface area (Å²) >= 11 is 0. The Kier molecular flexibility index (Phi) is 39.0. The Morgan fingerprint density at radius 3 is 1.47 bits per heavy atom. The molecule has 9 nitrogen and oxygen atoms in total. The van der Waals surface area contributed by atoms with Gasteiger partial charge >= 0.3 is 11.9 Å². The first-order chi connectivity index (χ1) is 26.8. The van der Waals surface area contributed by atoms with Crippen LogP contribution in [0.1, 0.15) is 219 Å². The first-order valence-electron chi connectivity index (χ1n) is 22.7. The first kappa shape index (κ1) is 52.3. The molecule has 0 bridgehead atoms. The molecule has 0 aromatic heterocycles. The van der Waals surface area contributed by atoms with Crippen LogP contribution in [-0.2, 0) is 23.9 Å². The van der Waals surface area contributed by atoms with E-state index >= 15 is 0 Å². The highest BCUT2D eigenvalue weighted by molar-refractivity contribution is 5.87. The van der Waals surface area contributed by atoms with Crippen LogP contribution in [0.5, 0.6) is 0 Å². The third-order valence-corrected chi connectivity index (χ3v) is 10.2. The molecule has 0 radical (unpaired) electrons. The number of aliphatic carboxylic acids is 1. The molecule has 320 valence electrons. The Labute approximate surface area is 336 Å². The zero-order valence-electron chi connectivity index (χ0n) is 35.4. The molecule has 0 rings (SSSR count). The molecule has 9 heteroatoms. The molecule has 0 aliphatic carbocycles. The van der Waals surface area contributed by atoms with E-state index in [4.69, 9.17) is 14.9 Å². The number of carbonyl (C=O) groups excluding carboxylic acids is 3. The molecule has 0 saturated carbocycles. The molecule has 4 N–H and O–H groups in total. The normalized spacial score (nSPS) is 12.6. The summed E-state index contributed by atoms with van der Waals surface area (Å²) in [5.41, 5.74) is 0. The van der Waals surface area contributed by atoms with Crippen molar-refractivity contribution in [3.05, 3.63) is 24.3 Å². The SMILES string of the molecule is CCCCCCCC/C=C\CCCCCCCCCCCC(=O)OC(/C=C\CCCCCCCCC)CCCCCCC(=O)NCC(=O)NC(CO)C(=O)O. The third-order valence-electron chi connectivity index (χ3n) is 10.2. The number of nitrogens with one attached hydrogen (secondary N) is 2. The van der Waals surface area contributed by atoms with Gasteiger partial charge in [-0.05, 0) is 70.3 Å². The van der Waals surface area contributed by atoms with Crippen molar-refractivity contribution < 1.29 is 34.1 Å². The van der Waals surface area contributed by atoms with Crippen LogP contribution in [0.3, 0.4) is 0 Å². The van der Waals surface area contributed by atoms with Gasteiger partial charge in [0.15, 0.2) is 0 Å². The molecule has 0 spiro atoms. The molecule has 0 aromatic rings. The summed E-state index contributed by atoms with van der Waals surface area (Å²) in [4.78, 5) is 47.6. The number of esters is 1. The summed E-state index contributed by atoms with van der Waals surface area (Å²) in [6, 6.07) is -1.39. The number of carboxylic acid groups (broad SMARTS) is 1. The zero-order chi connectivity index (χ0) is 40.5. The second-order valence-corrected chi connectivity index (χ2v) is 15.5. The van der Waals surface area contributed by atoms with E-state index < -0.39 is 24.5 Å². The Morgan fingerprint density at radius 1 is 0.545 bits per heavy atom. The minimum atomic E-state index is -1.39. The van der Waals surface area contributed by atoms with E-state index in [-0.39, 0.29) is 30.9 Å². The molecule has 0 heterocycles. The number of hydrogen-bond donors (Lipinski definition) is 4. The Hall–Kier alpha value is -2.68. The number of carbonyl (C=O) groups is 4. The Morgan fingerprint density at radius 2 is 0.982 bits per heavy atom. The summed E-state index contributed by atoms with van der Waals surface area (Å²) < 4.78 is 5.92. The smallest absolute Gasteiger partial charge is 0.328 e. The lowest BCUT2D eigenvalue weighted by molar-refractivity contribution is -0.147. The molecule has 0 aliphatic heterocycles. The van der Waals surface area contributed by atoms with Crippen molar-refractivity contribution in [1.29, 1.82) is 0 Å². The summed E-state index contributed by atoms with van der Waals surface area (Å²) in [6.45, 7) is 3.45.